The quantitative estimate of drug-likeness (QED) is 0.724. The van der Waals surface area contributed by atoms with Crippen LogP contribution in [-0.2, 0) is 0 Å². The van der Waals surface area contributed by atoms with Gasteiger partial charge in [-0.1, -0.05) is 23.7 Å². The van der Waals surface area contributed by atoms with Crippen molar-refractivity contribution >= 4 is 17.4 Å². The molecule has 7 nitrogen and oxygen atoms in total. The average Bonchev–Trinajstić information content (AvgIpc) is 2.99. The van der Waals surface area contributed by atoms with Crippen molar-refractivity contribution in [3.8, 4) is 17.1 Å². The Kier molecular flexibility index (Phi) is 2.45. The number of halogens is 1. The van der Waals surface area contributed by atoms with Gasteiger partial charge in [0, 0.05) is 0 Å². The number of anilines is 1. The molecule has 0 atom stereocenters. The van der Waals surface area contributed by atoms with Gasteiger partial charge >= 0.3 is 0 Å². The number of H-pyrrole nitrogens is 1. The number of para-hydroxylation sites is 1. The van der Waals surface area contributed by atoms with Crippen molar-refractivity contribution in [3.63, 3.8) is 0 Å². The zero-order valence-corrected chi connectivity index (χ0v) is 9.83. The Hall–Kier alpha value is -2.41. The number of nitrogens with two attached hydrogens (primary N) is 1. The summed E-state index contributed by atoms with van der Waals surface area (Å²) in [5.74, 6) is 0.801. The summed E-state index contributed by atoms with van der Waals surface area (Å²) >= 11 is 6.10. The minimum atomic E-state index is 0.394. The number of nitrogens with one attached hydrogen (secondary N) is 1. The van der Waals surface area contributed by atoms with Crippen molar-refractivity contribution in [2.24, 2.45) is 0 Å². The van der Waals surface area contributed by atoms with Gasteiger partial charge in [0.15, 0.2) is 0 Å². The minimum absolute atomic E-state index is 0.394. The molecule has 90 valence electrons. The van der Waals surface area contributed by atoms with Gasteiger partial charge < -0.3 is 5.73 Å². The van der Waals surface area contributed by atoms with Crippen LogP contribution in [0.5, 0.6) is 0 Å². The lowest BCUT2D eigenvalue weighted by atomic mass is 10.3. The highest BCUT2D eigenvalue weighted by Crippen LogP contribution is 2.27. The highest BCUT2D eigenvalue weighted by atomic mass is 35.5. The summed E-state index contributed by atoms with van der Waals surface area (Å²) in [6.45, 7) is 0. The number of hydrogen-bond acceptors (Lipinski definition) is 5. The summed E-state index contributed by atoms with van der Waals surface area (Å²) in [5.41, 5.74) is 7.32. The van der Waals surface area contributed by atoms with Crippen molar-refractivity contribution in [3.05, 3.63) is 35.5 Å². The van der Waals surface area contributed by atoms with Crippen molar-refractivity contribution in [1.82, 2.24) is 30.4 Å². The molecule has 3 N–H and O–H groups in total. The topological polar surface area (TPSA) is 98.3 Å². The maximum absolute atomic E-state index is 6.10. The zero-order valence-electron chi connectivity index (χ0n) is 9.08. The Morgan fingerprint density at radius 2 is 2.11 bits per heavy atom. The van der Waals surface area contributed by atoms with Gasteiger partial charge in [-0.05, 0) is 17.3 Å². The number of hydrogen-bond donors (Lipinski definition) is 2. The van der Waals surface area contributed by atoms with Crippen LogP contribution in [0.2, 0.25) is 5.02 Å². The maximum atomic E-state index is 6.10. The number of nitrogen functional groups attached to an aromatic ring is 1. The molecule has 0 aliphatic carbocycles. The van der Waals surface area contributed by atoms with Crippen LogP contribution in [0.3, 0.4) is 0 Å². The van der Waals surface area contributed by atoms with Crippen molar-refractivity contribution in [1.29, 1.82) is 0 Å². The molecule has 0 aliphatic rings. The lowest BCUT2D eigenvalue weighted by molar-refractivity contribution is 0.881. The molecule has 0 aliphatic heterocycles. The third-order valence-electron chi connectivity index (χ3n) is 2.47. The molecule has 18 heavy (non-hydrogen) atoms. The lowest BCUT2D eigenvalue weighted by Crippen LogP contribution is -2.03. The van der Waals surface area contributed by atoms with E-state index in [9.17, 15) is 0 Å². The molecule has 1 aromatic carbocycles. The number of aromatic amines is 1. The van der Waals surface area contributed by atoms with E-state index in [2.05, 4.69) is 25.7 Å². The first-order valence-corrected chi connectivity index (χ1v) is 5.47. The number of benzene rings is 1. The Morgan fingerprint density at radius 3 is 2.83 bits per heavy atom. The predicted octanol–water partition coefficient (Wildman–Crippen LogP) is 1.29. The van der Waals surface area contributed by atoms with E-state index in [0.29, 0.717) is 27.9 Å². The number of aromatic nitrogens is 6. The van der Waals surface area contributed by atoms with E-state index >= 15 is 0 Å². The monoisotopic (exact) mass is 261 g/mol. The Balaban J connectivity index is 2.14. The molecule has 3 rings (SSSR count). The number of rotatable bonds is 2. The van der Waals surface area contributed by atoms with Crippen molar-refractivity contribution in [2.75, 3.05) is 5.73 Å². The second kappa shape index (κ2) is 4.11. The van der Waals surface area contributed by atoms with Gasteiger partial charge in [-0.15, -0.1) is 10.2 Å². The van der Waals surface area contributed by atoms with E-state index < -0.39 is 0 Å². The van der Waals surface area contributed by atoms with Crippen molar-refractivity contribution < 1.29 is 0 Å². The van der Waals surface area contributed by atoms with E-state index in [1.807, 2.05) is 18.2 Å². The first-order valence-electron chi connectivity index (χ1n) is 5.09. The highest BCUT2D eigenvalue weighted by molar-refractivity contribution is 6.32. The molecular formula is C10H8ClN7. The highest BCUT2D eigenvalue weighted by Gasteiger charge is 2.15. The molecule has 0 bridgehead atoms. The van der Waals surface area contributed by atoms with Crippen LogP contribution in [0.15, 0.2) is 30.5 Å². The normalized spacial score (nSPS) is 10.7. The van der Waals surface area contributed by atoms with Gasteiger partial charge in [0.25, 0.3) is 0 Å². The SMILES string of the molecule is Nc1c(-c2nn[nH]n2)cnn1-c1ccccc1Cl. The largest absolute Gasteiger partial charge is 0.383 e. The Labute approximate surface area is 107 Å². The minimum Gasteiger partial charge on any atom is -0.383 e. The molecular weight excluding hydrogens is 254 g/mol. The summed E-state index contributed by atoms with van der Waals surface area (Å²) in [6.07, 6.45) is 1.57. The van der Waals surface area contributed by atoms with E-state index in [1.54, 1.807) is 12.3 Å². The molecule has 0 spiro atoms. The molecule has 2 aromatic heterocycles. The van der Waals surface area contributed by atoms with Gasteiger partial charge in [0.1, 0.15) is 5.82 Å². The van der Waals surface area contributed by atoms with E-state index in [0.717, 1.165) is 0 Å². The van der Waals surface area contributed by atoms with Gasteiger partial charge in [-0.3, -0.25) is 0 Å². The van der Waals surface area contributed by atoms with Crippen LogP contribution >= 0.6 is 11.6 Å². The van der Waals surface area contributed by atoms with Gasteiger partial charge in [0.05, 0.1) is 22.5 Å². The van der Waals surface area contributed by atoms with Gasteiger partial charge in [0.2, 0.25) is 5.82 Å². The molecule has 0 fully saturated rings. The molecule has 0 amide bonds. The van der Waals surface area contributed by atoms with Crippen LogP contribution in [-0.4, -0.2) is 30.4 Å². The summed E-state index contributed by atoms with van der Waals surface area (Å²) in [6, 6.07) is 7.29. The summed E-state index contributed by atoms with van der Waals surface area (Å²) < 4.78 is 1.54. The molecule has 0 unspecified atom stereocenters. The van der Waals surface area contributed by atoms with Crippen molar-refractivity contribution in [2.45, 2.75) is 0 Å². The van der Waals surface area contributed by atoms with E-state index in [-0.39, 0.29) is 0 Å². The van der Waals surface area contributed by atoms with Crippen LogP contribution in [0.25, 0.3) is 17.1 Å². The zero-order chi connectivity index (χ0) is 12.5. The Morgan fingerprint density at radius 1 is 1.28 bits per heavy atom. The van der Waals surface area contributed by atoms with E-state index in [1.165, 1.54) is 4.68 Å². The molecule has 0 saturated heterocycles. The fourth-order valence-electron chi connectivity index (χ4n) is 1.62. The predicted molar refractivity (Wildman–Crippen MR) is 66.2 cm³/mol. The van der Waals surface area contributed by atoms with Gasteiger partial charge in [-0.2, -0.15) is 10.3 Å². The third-order valence-corrected chi connectivity index (χ3v) is 2.79. The summed E-state index contributed by atoms with van der Waals surface area (Å²) in [5, 5.41) is 18.3. The first-order chi connectivity index (χ1) is 8.77. The van der Waals surface area contributed by atoms with Crippen LogP contribution in [0.1, 0.15) is 0 Å². The van der Waals surface area contributed by atoms with Crippen LogP contribution < -0.4 is 5.73 Å². The molecule has 0 radical (unpaired) electrons. The van der Waals surface area contributed by atoms with Gasteiger partial charge in [-0.25, -0.2) is 4.68 Å². The third kappa shape index (κ3) is 1.61. The fourth-order valence-corrected chi connectivity index (χ4v) is 1.84. The molecule has 2 heterocycles. The molecule has 3 aromatic rings. The second-order valence-electron chi connectivity index (χ2n) is 3.54. The fraction of sp³-hybridized carbons (Fsp3) is 0. The number of tetrazole rings is 1. The van der Waals surface area contributed by atoms with Crippen LogP contribution in [0.4, 0.5) is 5.82 Å². The van der Waals surface area contributed by atoms with Crippen LogP contribution in [0, 0.1) is 0 Å². The average molecular weight is 262 g/mol. The standard InChI is InChI=1S/C10H8ClN7/c11-7-3-1-2-4-8(7)18-9(12)6(5-13-18)10-14-16-17-15-10/h1-5H,12H2,(H,14,15,16,17). The summed E-state index contributed by atoms with van der Waals surface area (Å²) in [7, 11) is 0. The van der Waals surface area contributed by atoms with E-state index in [4.69, 9.17) is 17.3 Å². The maximum Gasteiger partial charge on any atom is 0.209 e. The number of nitrogens with zero attached hydrogens (tertiary/aromatic N) is 5. The Bertz CT molecular complexity index is 673. The lowest BCUT2D eigenvalue weighted by Gasteiger charge is -2.05. The molecule has 0 saturated carbocycles. The second-order valence-corrected chi connectivity index (χ2v) is 3.95. The summed E-state index contributed by atoms with van der Waals surface area (Å²) in [4.78, 5) is 0. The first kappa shape index (κ1) is 10.7. The smallest absolute Gasteiger partial charge is 0.209 e. The molecule has 8 heteroatoms.